The fourth-order valence-electron chi connectivity index (χ4n) is 3.35. The van der Waals surface area contributed by atoms with Crippen molar-refractivity contribution in [3.8, 4) is 41.8 Å². The van der Waals surface area contributed by atoms with E-state index in [9.17, 15) is 0 Å². The van der Waals surface area contributed by atoms with Crippen LogP contribution in [0.25, 0.3) is 41.8 Å². The maximum absolute atomic E-state index is 2.23. The zero-order valence-electron chi connectivity index (χ0n) is 14.5. The highest BCUT2D eigenvalue weighted by atomic mass is 32.1. The summed E-state index contributed by atoms with van der Waals surface area (Å²) >= 11 is 5.54. The summed E-state index contributed by atoms with van der Waals surface area (Å²) in [4.78, 5) is 5.38. The molecule has 3 heterocycles. The predicted octanol–water partition coefficient (Wildman–Crippen LogP) is 8.54. The van der Waals surface area contributed by atoms with Crippen LogP contribution in [0.5, 0.6) is 0 Å². The van der Waals surface area contributed by atoms with Crippen molar-refractivity contribution in [2.75, 3.05) is 0 Å². The quantitative estimate of drug-likeness (QED) is 0.283. The molecule has 0 N–H and O–H groups in total. The summed E-state index contributed by atoms with van der Waals surface area (Å²) in [5.74, 6) is 0. The lowest BCUT2D eigenvalue weighted by molar-refractivity contribution is 1.63. The summed E-state index contributed by atoms with van der Waals surface area (Å²) in [6, 6.07) is 30.3. The van der Waals surface area contributed by atoms with Gasteiger partial charge in [-0.15, -0.1) is 34.0 Å². The van der Waals surface area contributed by atoms with Gasteiger partial charge >= 0.3 is 0 Å². The second-order valence-corrected chi connectivity index (χ2v) is 9.11. The molecule has 0 radical (unpaired) electrons. The van der Waals surface area contributed by atoms with Gasteiger partial charge in [0.2, 0.25) is 0 Å². The number of hydrogen-bond donors (Lipinski definition) is 0. The fraction of sp³-hybridized carbons (Fsp3) is 0. The maximum Gasteiger partial charge on any atom is 0.0534 e. The van der Waals surface area contributed by atoms with Crippen molar-refractivity contribution < 1.29 is 0 Å². The average Bonchev–Trinajstić information content (AvgIpc) is 3.49. The number of thiophene rings is 3. The minimum Gasteiger partial charge on any atom is -0.143 e. The predicted molar refractivity (Wildman–Crippen MR) is 122 cm³/mol. The molecule has 0 fully saturated rings. The van der Waals surface area contributed by atoms with E-state index in [1.807, 2.05) is 34.0 Å². The van der Waals surface area contributed by atoms with Crippen LogP contribution < -0.4 is 0 Å². The van der Waals surface area contributed by atoms with Gasteiger partial charge in [-0.2, -0.15) is 0 Å². The highest BCUT2D eigenvalue weighted by Gasteiger charge is 2.23. The van der Waals surface area contributed by atoms with Gasteiger partial charge < -0.3 is 0 Å². The summed E-state index contributed by atoms with van der Waals surface area (Å²) in [6.07, 6.45) is 0. The largest absolute Gasteiger partial charge is 0.143 e. The molecule has 0 saturated carbocycles. The maximum atomic E-state index is 2.23. The van der Waals surface area contributed by atoms with Crippen LogP contribution in [0.3, 0.4) is 0 Å². The monoisotopic (exact) mass is 400 g/mol. The molecule has 0 nitrogen and oxygen atoms in total. The summed E-state index contributed by atoms with van der Waals surface area (Å²) < 4.78 is 0. The standard InChI is InChI=1S/C24H16S3/c1-3-9-17(10-4-1)21-22(18-11-5-2-6-12-18)24(20-14-8-16-26-20)27-23(21)19-13-7-15-25-19/h1-16H. The van der Waals surface area contributed by atoms with E-state index in [-0.39, 0.29) is 0 Å². The Balaban J connectivity index is 1.89. The molecule has 0 atom stereocenters. The minimum absolute atomic E-state index is 1.28. The van der Waals surface area contributed by atoms with Crippen LogP contribution in [0.2, 0.25) is 0 Å². The van der Waals surface area contributed by atoms with Crippen LogP contribution in [0.15, 0.2) is 95.7 Å². The van der Waals surface area contributed by atoms with Crippen molar-refractivity contribution in [2.24, 2.45) is 0 Å². The third-order valence-electron chi connectivity index (χ3n) is 4.52. The normalized spacial score (nSPS) is 11.0. The molecule has 0 bridgehead atoms. The molecule has 5 rings (SSSR count). The lowest BCUT2D eigenvalue weighted by atomic mass is 9.94. The van der Waals surface area contributed by atoms with Gasteiger partial charge in [0.05, 0.1) is 9.75 Å². The SMILES string of the molecule is c1ccc(-c2c(-c3cccs3)sc(-c3cccs3)c2-c2ccccc2)cc1. The molecule has 5 aromatic rings. The highest BCUT2D eigenvalue weighted by molar-refractivity contribution is 7.26. The van der Waals surface area contributed by atoms with Crippen LogP contribution in [0.1, 0.15) is 0 Å². The van der Waals surface area contributed by atoms with E-state index < -0.39 is 0 Å². The number of hydrogen-bond acceptors (Lipinski definition) is 3. The molecule has 0 unspecified atom stereocenters. The van der Waals surface area contributed by atoms with Crippen molar-refractivity contribution in [1.29, 1.82) is 0 Å². The lowest BCUT2D eigenvalue weighted by Crippen LogP contribution is -1.84. The Morgan fingerprint density at radius 3 is 1.26 bits per heavy atom. The van der Waals surface area contributed by atoms with E-state index in [0.717, 1.165) is 0 Å². The topological polar surface area (TPSA) is 0 Å². The van der Waals surface area contributed by atoms with Crippen molar-refractivity contribution in [3.63, 3.8) is 0 Å². The van der Waals surface area contributed by atoms with Gasteiger partial charge in [-0.25, -0.2) is 0 Å². The third-order valence-corrected chi connectivity index (χ3v) is 7.81. The van der Waals surface area contributed by atoms with Gasteiger partial charge in [0, 0.05) is 20.9 Å². The van der Waals surface area contributed by atoms with Gasteiger partial charge in [-0.05, 0) is 34.0 Å². The van der Waals surface area contributed by atoms with E-state index in [2.05, 4.69) is 95.7 Å². The Morgan fingerprint density at radius 1 is 0.444 bits per heavy atom. The van der Waals surface area contributed by atoms with Crippen LogP contribution in [0, 0.1) is 0 Å². The molecule has 0 aliphatic rings. The summed E-state index contributed by atoms with van der Waals surface area (Å²) in [6.45, 7) is 0. The Morgan fingerprint density at radius 2 is 0.889 bits per heavy atom. The van der Waals surface area contributed by atoms with Gasteiger partial charge in [0.25, 0.3) is 0 Å². The highest BCUT2D eigenvalue weighted by Crippen LogP contribution is 2.53. The zero-order valence-corrected chi connectivity index (χ0v) is 16.9. The van der Waals surface area contributed by atoms with Gasteiger partial charge in [0.15, 0.2) is 0 Å². The molecule has 3 aromatic heterocycles. The first kappa shape index (κ1) is 16.7. The Bertz CT molecular complexity index is 1040. The van der Waals surface area contributed by atoms with Crippen molar-refractivity contribution in [1.82, 2.24) is 0 Å². The number of rotatable bonds is 4. The van der Waals surface area contributed by atoms with Crippen molar-refractivity contribution >= 4 is 34.0 Å². The second-order valence-electron chi connectivity index (χ2n) is 6.20. The molecule has 0 spiro atoms. The third kappa shape index (κ3) is 3.08. The molecule has 0 amide bonds. The summed E-state index contributed by atoms with van der Waals surface area (Å²) in [5.41, 5.74) is 5.24. The van der Waals surface area contributed by atoms with Crippen LogP contribution in [-0.2, 0) is 0 Å². The molecule has 0 aliphatic heterocycles. The molecule has 27 heavy (non-hydrogen) atoms. The van der Waals surface area contributed by atoms with Crippen molar-refractivity contribution in [3.05, 3.63) is 95.7 Å². The van der Waals surface area contributed by atoms with Crippen molar-refractivity contribution in [2.45, 2.75) is 0 Å². The minimum atomic E-state index is 1.28. The van der Waals surface area contributed by atoms with E-state index in [1.54, 1.807) is 0 Å². The van der Waals surface area contributed by atoms with Gasteiger partial charge in [-0.1, -0.05) is 72.8 Å². The molecule has 130 valence electrons. The first-order chi connectivity index (χ1) is 13.4. The van der Waals surface area contributed by atoms with E-state index in [0.29, 0.717) is 0 Å². The van der Waals surface area contributed by atoms with Crippen LogP contribution in [0.4, 0.5) is 0 Å². The fourth-order valence-corrected chi connectivity index (χ4v) is 6.42. The van der Waals surface area contributed by atoms with Gasteiger partial charge in [0.1, 0.15) is 0 Å². The average molecular weight is 401 g/mol. The molecule has 0 aliphatic carbocycles. The molecule has 3 heteroatoms. The summed E-state index contributed by atoms with van der Waals surface area (Å²) in [5, 5.41) is 4.33. The van der Waals surface area contributed by atoms with E-state index in [4.69, 9.17) is 0 Å². The first-order valence-electron chi connectivity index (χ1n) is 8.77. The smallest absolute Gasteiger partial charge is 0.0534 e. The Kier molecular flexibility index (Phi) is 4.50. The Labute approximate surface area is 171 Å². The molecule has 0 saturated heterocycles. The first-order valence-corrected chi connectivity index (χ1v) is 11.3. The van der Waals surface area contributed by atoms with Gasteiger partial charge in [-0.3, -0.25) is 0 Å². The van der Waals surface area contributed by atoms with Crippen LogP contribution in [-0.4, -0.2) is 0 Å². The van der Waals surface area contributed by atoms with E-state index in [1.165, 1.54) is 41.8 Å². The van der Waals surface area contributed by atoms with E-state index >= 15 is 0 Å². The number of benzene rings is 2. The summed E-state index contributed by atoms with van der Waals surface area (Å²) in [7, 11) is 0. The second kappa shape index (κ2) is 7.28. The molecular formula is C24H16S3. The zero-order chi connectivity index (χ0) is 18.1. The van der Waals surface area contributed by atoms with Crippen LogP contribution >= 0.6 is 34.0 Å². The molecular weight excluding hydrogens is 384 g/mol. The lowest BCUT2D eigenvalue weighted by Gasteiger charge is -2.09. The molecule has 2 aromatic carbocycles. The Hall–Kier alpha value is -2.46.